The molecule has 0 fully saturated rings. The molecule has 0 atom stereocenters. The highest BCUT2D eigenvalue weighted by Crippen LogP contribution is 2.17. The molecule has 0 saturated carbocycles. The van der Waals surface area contributed by atoms with Crippen LogP contribution in [-0.2, 0) is 14.8 Å². The summed E-state index contributed by atoms with van der Waals surface area (Å²) in [5, 5.41) is 8.47. The highest BCUT2D eigenvalue weighted by molar-refractivity contribution is 7.89. The quantitative estimate of drug-likeness (QED) is 0.465. The molecule has 1 rings (SSSR count). The van der Waals surface area contributed by atoms with Gasteiger partial charge in [0, 0.05) is 18.8 Å². The molecule has 8 heteroatoms. The summed E-state index contributed by atoms with van der Waals surface area (Å²) in [6.45, 7) is 0.543. The van der Waals surface area contributed by atoms with E-state index < -0.39 is 20.7 Å². The highest BCUT2D eigenvalue weighted by Gasteiger charge is 2.18. The van der Waals surface area contributed by atoms with Gasteiger partial charge >= 0.3 is 0 Å². The second kappa shape index (κ2) is 7.39. The smallest absolute Gasteiger partial charge is 0.243 e. The van der Waals surface area contributed by atoms with E-state index in [0.29, 0.717) is 13.0 Å². The second-order valence-electron chi connectivity index (χ2n) is 3.78. The summed E-state index contributed by atoms with van der Waals surface area (Å²) >= 11 is 0. The largest absolute Gasteiger partial charge is 0.399 e. The van der Waals surface area contributed by atoms with Crippen LogP contribution in [0, 0.1) is 5.82 Å². The van der Waals surface area contributed by atoms with Gasteiger partial charge in [-0.25, -0.2) is 17.5 Å². The minimum Gasteiger partial charge on any atom is -0.399 e. The molecule has 0 aliphatic carbocycles. The van der Waals surface area contributed by atoms with Crippen molar-refractivity contribution in [2.75, 3.05) is 32.1 Å². The van der Waals surface area contributed by atoms with Crippen LogP contribution in [0.2, 0.25) is 0 Å². The van der Waals surface area contributed by atoms with Gasteiger partial charge in [-0.1, -0.05) is 0 Å². The van der Waals surface area contributed by atoms with E-state index in [9.17, 15) is 12.8 Å². The van der Waals surface area contributed by atoms with Crippen molar-refractivity contribution in [1.82, 2.24) is 4.72 Å². The Hall–Kier alpha value is -1.22. The van der Waals surface area contributed by atoms with Gasteiger partial charge in [0.2, 0.25) is 10.0 Å². The normalized spacial score (nSPS) is 11.7. The number of benzene rings is 1. The molecule has 4 N–H and O–H groups in total. The fourth-order valence-electron chi connectivity index (χ4n) is 1.35. The predicted molar refractivity (Wildman–Crippen MR) is 68.5 cm³/mol. The van der Waals surface area contributed by atoms with E-state index in [2.05, 4.69) is 4.72 Å². The fourth-order valence-corrected chi connectivity index (χ4v) is 2.54. The van der Waals surface area contributed by atoms with E-state index in [1.54, 1.807) is 0 Å². The first-order valence-corrected chi connectivity index (χ1v) is 7.19. The van der Waals surface area contributed by atoms with Gasteiger partial charge in [0.15, 0.2) is 0 Å². The summed E-state index contributed by atoms with van der Waals surface area (Å²) in [6, 6.07) is 3.37. The molecule has 0 saturated heterocycles. The number of aliphatic hydroxyl groups excluding tert-OH is 1. The van der Waals surface area contributed by atoms with Gasteiger partial charge in [-0.3, -0.25) is 0 Å². The average Bonchev–Trinajstić information content (AvgIpc) is 2.36. The van der Waals surface area contributed by atoms with Crippen LogP contribution in [0.15, 0.2) is 23.1 Å². The van der Waals surface area contributed by atoms with Crippen LogP contribution in [-0.4, -0.2) is 39.9 Å². The number of hydrogen-bond acceptors (Lipinski definition) is 5. The number of halogens is 1. The molecule has 0 amide bonds. The van der Waals surface area contributed by atoms with Crippen molar-refractivity contribution < 1.29 is 22.7 Å². The zero-order chi connectivity index (χ0) is 14.3. The first kappa shape index (κ1) is 15.8. The Kier molecular flexibility index (Phi) is 6.16. The van der Waals surface area contributed by atoms with Crippen molar-refractivity contribution in [3.05, 3.63) is 24.0 Å². The summed E-state index contributed by atoms with van der Waals surface area (Å²) in [7, 11) is -3.92. The molecule has 0 bridgehead atoms. The highest BCUT2D eigenvalue weighted by atomic mass is 32.2. The topological polar surface area (TPSA) is 102 Å². The Balaban J connectivity index is 2.54. The van der Waals surface area contributed by atoms with Crippen LogP contribution in [0.25, 0.3) is 0 Å². The third kappa shape index (κ3) is 5.11. The van der Waals surface area contributed by atoms with Crippen LogP contribution >= 0.6 is 0 Å². The predicted octanol–water partition coefficient (Wildman–Crippen LogP) is 0.0852. The molecule has 0 spiro atoms. The Labute approximate surface area is 111 Å². The summed E-state index contributed by atoms with van der Waals surface area (Å²) in [5.41, 5.74) is 5.61. The Morgan fingerprint density at radius 2 is 2.11 bits per heavy atom. The zero-order valence-electron chi connectivity index (χ0n) is 10.3. The molecule has 1 aromatic rings. The molecule has 19 heavy (non-hydrogen) atoms. The summed E-state index contributed by atoms with van der Waals surface area (Å²) in [6.07, 6.45) is 0.420. The maximum atomic E-state index is 13.4. The number of nitrogens with two attached hydrogens (primary N) is 1. The maximum Gasteiger partial charge on any atom is 0.243 e. The molecular weight excluding hydrogens is 275 g/mol. The van der Waals surface area contributed by atoms with Gasteiger partial charge in [-0.05, 0) is 24.6 Å². The van der Waals surface area contributed by atoms with E-state index in [0.717, 1.165) is 12.1 Å². The summed E-state index contributed by atoms with van der Waals surface area (Å²) in [4.78, 5) is -0.469. The first-order chi connectivity index (χ1) is 8.97. The minimum atomic E-state index is -3.92. The Bertz CT molecular complexity index is 507. The SMILES string of the molecule is Nc1ccc(F)c(S(=O)(=O)NCCCOCCO)c1. The number of ether oxygens (including phenoxy) is 1. The average molecular weight is 292 g/mol. The number of sulfonamides is 1. The van der Waals surface area contributed by atoms with E-state index in [-0.39, 0.29) is 25.4 Å². The third-order valence-corrected chi connectivity index (χ3v) is 3.71. The standard InChI is InChI=1S/C11H17FN2O4S/c12-10-3-2-9(13)8-11(10)19(16,17)14-4-1-6-18-7-5-15/h2-3,8,14-15H,1,4-7,13H2. The second-order valence-corrected chi connectivity index (χ2v) is 5.51. The minimum absolute atomic E-state index is 0.0831. The van der Waals surface area contributed by atoms with Crippen LogP contribution in [0.3, 0.4) is 0 Å². The fraction of sp³-hybridized carbons (Fsp3) is 0.455. The van der Waals surface area contributed by atoms with E-state index >= 15 is 0 Å². The van der Waals surface area contributed by atoms with Crippen molar-refractivity contribution in [1.29, 1.82) is 0 Å². The maximum absolute atomic E-state index is 13.4. The van der Waals surface area contributed by atoms with Crippen molar-refractivity contribution in [2.45, 2.75) is 11.3 Å². The summed E-state index contributed by atoms with van der Waals surface area (Å²) in [5.74, 6) is -0.849. The van der Waals surface area contributed by atoms with Crippen molar-refractivity contribution in [3.8, 4) is 0 Å². The number of nitrogen functional groups attached to an aromatic ring is 1. The number of hydrogen-bond donors (Lipinski definition) is 3. The molecule has 0 aliphatic rings. The van der Waals surface area contributed by atoms with Gasteiger partial charge in [0.25, 0.3) is 0 Å². The van der Waals surface area contributed by atoms with Crippen LogP contribution < -0.4 is 10.5 Å². The first-order valence-electron chi connectivity index (χ1n) is 5.70. The Morgan fingerprint density at radius 3 is 2.79 bits per heavy atom. The van der Waals surface area contributed by atoms with Gasteiger partial charge < -0.3 is 15.6 Å². The number of anilines is 1. The molecule has 0 aromatic heterocycles. The molecule has 0 radical (unpaired) electrons. The lowest BCUT2D eigenvalue weighted by Gasteiger charge is -2.08. The number of rotatable bonds is 8. The number of nitrogens with one attached hydrogen (secondary N) is 1. The molecule has 0 aliphatic heterocycles. The van der Waals surface area contributed by atoms with Crippen molar-refractivity contribution >= 4 is 15.7 Å². The molecule has 1 aromatic carbocycles. The van der Waals surface area contributed by atoms with Gasteiger partial charge in [0.05, 0.1) is 13.2 Å². The van der Waals surface area contributed by atoms with E-state index in [1.165, 1.54) is 6.07 Å². The van der Waals surface area contributed by atoms with Gasteiger partial charge in [-0.15, -0.1) is 0 Å². The molecular formula is C11H17FN2O4S. The van der Waals surface area contributed by atoms with Crippen LogP contribution in [0.5, 0.6) is 0 Å². The lowest BCUT2D eigenvalue weighted by molar-refractivity contribution is 0.0913. The lowest BCUT2D eigenvalue weighted by Crippen LogP contribution is -2.26. The molecule has 108 valence electrons. The van der Waals surface area contributed by atoms with Gasteiger partial charge in [-0.2, -0.15) is 0 Å². The molecule has 0 unspecified atom stereocenters. The van der Waals surface area contributed by atoms with Crippen molar-refractivity contribution in [2.24, 2.45) is 0 Å². The summed E-state index contributed by atoms with van der Waals surface area (Å²) < 4.78 is 44.2. The number of aliphatic hydroxyl groups is 1. The van der Waals surface area contributed by atoms with E-state index in [4.69, 9.17) is 15.6 Å². The van der Waals surface area contributed by atoms with Gasteiger partial charge in [0.1, 0.15) is 10.7 Å². The molecule has 6 nitrogen and oxygen atoms in total. The Morgan fingerprint density at radius 1 is 1.37 bits per heavy atom. The molecule has 0 heterocycles. The van der Waals surface area contributed by atoms with E-state index in [1.807, 2.05) is 0 Å². The third-order valence-electron chi connectivity index (χ3n) is 2.24. The van der Waals surface area contributed by atoms with Crippen LogP contribution in [0.1, 0.15) is 6.42 Å². The zero-order valence-corrected chi connectivity index (χ0v) is 11.1. The van der Waals surface area contributed by atoms with Crippen molar-refractivity contribution in [3.63, 3.8) is 0 Å². The van der Waals surface area contributed by atoms with Crippen LogP contribution in [0.4, 0.5) is 10.1 Å². The monoisotopic (exact) mass is 292 g/mol. The lowest BCUT2D eigenvalue weighted by atomic mass is 10.3.